The Kier molecular flexibility index (Phi) is 3.70. The number of halogens is 4. The van der Waals surface area contributed by atoms with Crippen LogP contribution in [0.15, 0.2) is 16.7 Å². The summed E-state index contributed by atoms with van der Waals surface area (Å²) in [6, 6.07) is 2.82. The number of nitrogens with zero attached hydrogens (tertiary/aromatic N) is 1. The first-order valence-electron chi connectivity index (χ1n) is 4.91. The Labute approximate surface area is 104 Å². The van der Waals surface area contributed by atoms with Crippen molar-refractivity contribution >= 4 is 15.9 Å². The lowest BCUT2D eigenvalue weighted by molar-refractivity contribution is -0.146. The molecular weight excluding hydrogens is 303 g/mol. The van der Waals surface area contributed by atoms with Gasteiger partial charge in [0.25, 0.3) is 0 Å². The molecule has 0 spiro atoms. The van der Waals surface area contributed by atoms with Gasteiger partial charge in [0.05, 0.1) is 19.8 Å². The minimum atomic E-state index is -4.50. The zero-order chi connectivity index (χ0) is 12.5. The van der Waals surface area contributed by atoms with Crippen molar-refractivity contribution in [3.63, 3.8) is 0 Å². The molecule has 17 heavy (non-hydrogen) atoms. The number of hydrogen-bond acceptors (Lipinski definition) is 3. The molecule has 1 fully saturated rings. The molecule has 1 aromatic rings. The zero-order valence-electron chi connectivity index (χ0n) is 8.63. The highest BCUT2D eigenvalue weighted by molar-refractivity contribution is 9.10. The molecular formula is C10H9BrF3NO2. The molecule has 1 aliphatic rings. The van der Waals surface area contributed by atoms with E-state index in [1.807, 2.05) is 0 Å². The monoisotopic (exact) mass is 311 g/mol. The van der Waals surface area contributed by atoms with E-state index in [4.69, 9.17) is 9.47 Å². The fourth-order valence-corrected chi connectivity index (χ4v) is 1.91. The van der Waals surface area contributed by atoms with Gasteiger partial charge in [0.2, 0.25) is 0 Å². The molecule has 1 aliphatic heterocycles. The van der Waals surface area contributed by atoms with Gasteiger partial charge in [-0.25, -0.2) is 4.98 Å². The first-order chi connectivity index (χ1) is 7.98. The van der Waals surface area contributed by atoms with Crippen LogP contribution in [0.2, 0.25) is 0 Å². The van der Waals surface area contributed by atoms with Gasteiger partial charge in [0.15, 0.2) is 5.69 Å². The molecule has 0 aromatic carbocycles. The maximum Gasteiger partial charge on any atom is 0.433 e. The molecule has 0 radical (unpaired) electrons. The van der Waals surface area contributed by atoms with E-state index in [-0.39, 0.29) is 23.4 Å². The number of aromatic nitrogens is 1. The fraction of sp³-hybridized carbons (Fsp3) is 0.500. The second kappa shape index (κ2) is 4.91. The van der Waals surface area contributed by atoms with Crippen LogP contribution in [-0.2, 0) is 15.7 Å². The smallest absolute Gasteiger partial charge is 0.376 e. The standard InChI is InChI=1S/C10H9BrF3NO2/c11-8-2-1-6(7-5-16-3-4-17-7)9(15-8)10(12,13)14/h1-2,7H,3-5H2. The van der Waals surface area contributed by atoms with E-state index >= 15 is 0 Å². The molecule has 1 atom stereocenters. The van der Waals surface area contributed by atoms with Crippen molar-refractivity contribution < 1.29 is 22.6 Å². The van der Waals surface area contributed by atoms with Crippen molar-refractivity contribution in [3.8, 4) is 0 Å². The van der Waals surface area contributed by atoms with Gasteiger partial charge in [0, 0.05) is 5.56 Å². The van der Waals surface area contributed by atoms with Gasteiger partial charge in [0.1, 0.15) is 10.7 Å². The Bertz CT molecular complexity index is 405. The molecule has 94 valence electrons. The molecule has 0 saturated carbocycles. The van der Waals surface area contributed by atoms with E-state index in [0.29, 0.717) is 6.61 Å². The largest absolute Gasteiger partial charge is 0.433 e. The number of hydrogen-bond donors (Lipinski definition) is 0. The van der Waals surface area contributed by atoms with E-state index < -0.39 is 18.0 Å². The SMILES string of the molecule is FC(F)(F)c1nc(Br)ccc1C1COCCO1. The Morgan fingerprint density at radius 1 is 1.29 bits per heavy atom. The molecule has 0 aliphatic carbocycles. The molecule has 2 rings (SSSR count). The van der Waals surface area contributed by atoms with Crippen LogP contribution >= 0.6 is 15.9 Å². The minimum Gasteiger partial charge on any atom is -0.376 e. The maximum absolute atomic E-state index is 12.8. The minimum absolute atomic E-state index is 0.0143. The number of alkyl halides is 3. The molecule has 0 amide bonds. The number of pyridine rings is 1. The summed E-state index contributed by atoms with van der Waals surface area (Å²) in [7, 11) is 0. The normalized spacial score (nSPS) is 21.5. The summed E-state index contributed by atoms with van der Waals surface area (Å²) < 4.78 is 48.9. The maximum atomic E-state index is 12.8. The van der Waals surface area contributed by atoms with Crippen LogP contribution in [0.5, 0.6) is 0 Å². The van der Waals surface area contributed by atoms with Gasteiger partial charge in [-0.1, -0.05) is 6.07 Å². The summed E-state index contributed by atoms with van der Waals surface area (Å²) in [6.07, 6.45) is -5.21. The van der Waals surface area contributed by atoms with Crippen molar-refractivity contribution in [2.45, 2.75) is 12.3 Å². The highest BCUT2D eigenvalue weighted by Gasteiger charge is 2.38. The van der Waals surface area contributed by atoms with Crippen LogP contribution in [-0.4, -0.2) is 24.8 Å². The highest BCUT2D eigenvalue weighted by Crippen LogP contribution is 2.35. The first kappa shape index (κ1) is 12.8. The summed E-state index contributed by atoms with van der Waals surface area (Å²) >= 11 is 2.93. The Morgan fingerprint density at radius 2 is 2.06 bits per heavy atom. The van der Waals surface area contributed by atoms with E-state index in [1.54, 1.807) is 0 Å². The van der Waals surface area contributed by atoms with Crippen molar-refractivity contribution in [2.75, 3.05) is 19.8 Å². The lowest BCUT2D eigenvalue weighted by Gasteiger charge is -2.25. The second-order valence-electron chi connectivity index (χ2n) is 3.50. The van der Waals surface area contributed by atoms with Gasteiger partial charge in [-0.3, -0.25) is 0 Å². The third kappa shape index (κ3) is 2.97. The summed E-state index contributed by atoms with van der Waals surface area (Å²) in [6.45, 7) is 0.812. The van der Waals surface area contributed by atoms with Crippen molar-refractivity contribution in [1.29, 1.82) is 0 Å². The average molecular weight is 312 g/mol. The molecule has 7 heteroatoms. The molecule has 0 bridgehead atoms. The molecule has 1 unspecified atom stereocenters. The number of rotatable bonds is 1. The van der Waals surface area contributed by atoms with Crippen LogP contribution in [0, 0.1) is 0 Å². The molecule has 2 heterocycles. The van der Waals surface area contributed by atoms with Gasteiger partial charge in [-0.2, -0.15) is 13.2 Å². The Balaban J connectivity index is 2.38. The van der Waals surface area contributed by atoms with Crippen LogP contribution in [0.4, 0.5) is 13.2 Å². The predicted molar refractivity (Wildman–Crippen MR) is 56.5 cm³/mol. The quantitative estimate of drug-likeness (QED) is 0.747. The van der Waals surface area contributed by atoms with Gasteiger partial charge in [-0.15, -0.1) is 0 Å². The van der Waals surface area contributed by atoms with Gasteiger partial charge in [-0.05, 0) is 22.0 Å². The van der Waals surface area contributed by atoms with Gasteiger partial charge >= 0.3 is 6.18 Å². The third-order valence-electron chi connectivity index (χ3n) is 2.32. The average Bonchev–Trinajstić information content (AvgIpc) is 2.29. The van der Waals surface area contributed by atoms with Crippen LogP contribution in [0.1, 0.15) is 17.4 Å². The van der Waals surface area contributed by atoms with Crippen LogP contribution in [0.25, 0.3) is 0 Å². The Morgan fingerprint density at radius 3 is 2.65 bits per heavy atom. The molecule has 1 saturated heterocycles. The van der Waals surface area contributed by atoms with Gasteiger partial charge < -0.3 is 9.47 Å². The summed E-state index contributed by atoms with van der Waals surface area (Å²) in [5.41, 5.74) is -0.914. The second-order valence-corrected chi connectivity index (χ2v) is 4.32. The van der Waals surface area contributed by atoms with Crippen LogP contribution in [0.3, 0.4) is 0 Å². The first-order valence-corrected chi connectivity index (χ1v) is 5.71. The lowest BCUT2D eigenvalue weighted by Crippen LogP contribution is -2.25. The van der Waals surface area contributed by atoms with E-state index in [0.717, 1.165) is 0 Å². The number of ether oxygens (including phenoxy) is 2. The topological polar surface area (TPSA) is 31.4 Å². The predicted octanol–water partition coefficient (Wildman–Crippen LogP) is 2.95. The van der Waals surface area contributed by atoms with Crippen molar-refractivity contribution in [2.24, 2.45) is 0 Å². The molecule has 0 N–H and O–H groups in total. The Hall–Kier alpha value is -0.660. The lowest BCUT2D eigenvalue weighted by atomic mass is 10.1. The molecule has 1 aromatic heterocycles. The third-order valence-corrected chi connectivity index (χ3v) is 2.77. The molecule has 3 nitrogen and oxygen atoms in total. The van der Waals surface area contributed by atoms with Crippen molar-refractivity contribution in [3.05, 3.63) is 28.0 Å². The highest BCUT2D eigenvalue weighted by atomic mass is 79.9. The summed E-state index contributed by atoms with van der Waals surface area (Å²) in [4.78, 5) is 3.48. The summed E-state index contributed by atoms with van der Waals surface area (Å²) in [5, 5.41) is 0. The zero-order valence-corrected chi connectivity index (χ0v) is 10.2. The summed E-state index contributed by atoms with van der Waals surface area (Å²) in [5.74, 6) is 0. The van der Waals surface area contributed by atoms with Crippen molar-refractivity contribution in [1.82, 2.24) is 4.98 Å². The van der Waals surface area contributed by atoms with Crippen LogP contribution < -0.4 is 0 Å². The van der Waals surface area contributed by atoms with E-state index in [1.165, 1.54) is 12.1 Å². The fourth-order valence-electron chi connectivity index (χ4n) is 1.60. The van der Waals surface area contributed by atoms with E-state index in [2.05, 4.69) is 20.9 Å². The van der Waals surface area contributed by atoms with E-state index in [9.17, 15) is 13.2 Å².